The van der Waals surface area contributed by atoms with Crippen molar-refractivity contribution in [2.75, 3.05) is 39.3 Å². The molecule has 0 aliphatic heterocycles. The van der Waals surface area contributed by atoms with E-state index in [0.717, 1.165) is 56.7 Å². The Morgan fingerprint density at radius 3 is 0.574 bits per heavy atom. The van der Waals surface area contributed by atoms with Crippen LogP contribution < -0.4 is 0 Å². The number of aliphatic imine (C=N–C) groups is 3. The lowest BCUT2D eigenvalue weighted by molar-refractivity contribution is 0.298. The average molecular weight is 1310 g/mol. The Bertz CT molecular complexity index is 1830. The van der Waals surface area contributed by atoms with Crippen LogP contribution in [0.25, 0.3) is 0 Å². The molecule has 3 heterocycles. The van der Waals surface area contributed by atoms with Gasteiger partial charge in [0.1, 0.15) is 0 Å². The molecular formula is C84H156N10. The van der Waals surface area contributed by atoms with Gasteiger partial charge in [-0.3, -0.25) is 19.9 Å². The van der Waals surface area contributed by atoms with Gasteiger partial charge in [0, 0.05) is 76.4 Å². The Morgan fingerprint density at radius 1 is 0.245 bits per heavy atom. The average Bonchev–Trinajstić information content (AvgIpc) is 2.98. The summed E-state index contributed by atoms with van der Waals surface area (Å²) in [6.45, 7) is 14.7. The van der Waals surface area contributed by atoms with Crippen LogP contribution >= 0.6 is 0 Å². The molecular weight excluding hydrogens is 1150 g/mol. The molecule has 3 aromatic heterocycles. The van der Waals surface area contributed by atoms with E-state index in [9.17, 15) is 0 Å². The number of hydrogen-bond donors (Lipinski definition) is 0. The van der Waals surface area contributed by atoms with Crippen molar-refractivity contribution >= 4 is 18.6 Å². The van der Waals surface area contributed by atoms with Crippen LogP contribution in [-0.4, -0.2) is 91.5 Å². The third kappa shape index (κ3) is 52.7. The number of aryl methyl sites for hydroxylation is 3. The predicted octanol–water partition coefficient (Wildman–Crippen LogP) is 25.7. The van der Waals surface area contributed by atoms with Gasteiger partial charge in [0.15, 0.2) is 17.5 Å². The van der Waals surface area contributed by atoms with Gasteiger partial charge >= 0.3 is 0 Å². The van der Waals surface area contributed by atoms with Crippen molar-refractivity contribution in [3.8, 4) is 0 Å². The van der Waals surface area contributed by atoms with Gasteiger partial charge in [-0.2, -0.15) is 0 Å². The second-order valence-electron chi connectivity index (χ2n) is 29.0. The van der Waals surface area contributed by atoms with Gasteiger partial charge in [-0.15, -0.1) is 0 Å². The van der Waals surface area contributed by atoms with Gasteiger partial charge in [-0.1, -0.05) is 387 Å². The van der Waals surface area contributed by atoms with Crippen molar-refractivity contribution in [2.45, 2.75) is 426 Å². The lowest BCUT2D eigenvalue weighted by atomic mass is 10.0. The standard InChI is InChI=1S/C84H156N10/c1-4-7-10-13-16-19-22-25-28-31-34-37-40-43-46-49-52-55-58-61-70-92-76-67-88-82(92)79-85-64-73-91(74-65-86-80-83-89-68-77-93(83)71-62-59-56-53-50-47-44-41-38-35-32-29-26-23-20-17-14-11-8-5-2)75-66-87-81-84-90-69-78-94(84)72-63-60-57-54-51-48-45-42-39-36-33-30-27-24-21-18-15-12-9-6-3/h67-69,76-81H,4-66,70-75H2,1-3H3. The minimum Gasteiger partial charge on any atom is -0.330 e. The summed E-state index contributed by atoms with van der Waals surface area (Å²) in [4.78, 5) is 31.3. The highest BCUT2D eigenvalue weighted by Gasteiger charge is 2.08. The van der Waals surface area contributed by atoms with Crippen LogP contribution in [0.3, 0.4) is 0 Å². The van der Waals surface area contributed by atoms with Gasteiger partial charge in [0.25, 0.3) is 0 Å². The number of hydrogen-bond acceptors (Lipinski definition) is 7. The van der Waals surface area contributed by atoms with Crippen molar-refractivity contribution in [1.82, 2.24) is 33.6 Å². The molecule has 3 rings (SSSR count). The van der Waals surface area contributed by atoms with Crippen molar-refractivity contribution < 1.29 is 0 Å². The summed E-state index contributed by atoms with van der Waals surface area (Å²) in [6.07, 6.45) is 103. The fourth-order valence-electron chi connectivity index (χ4n) is 13.9. The molecule has 0 saturated heterocycles. The van der Waals surface area contributed by atoms with Gasteiger partial charge in [0.05, 0.1) is 38.3 Å². The van der Waals surface area contributed by atoms with Gasteiger partial charge < -0.3 is 13.7 Å². The topological polar surface area (TPSA) is 93.8 Å². The minimum absolute atomic E-state index is 0.716. The summed E-state index contributed by atoms with van der Waals surface area (Å²) < 4.78 is 6.87. The molecule has 542 valence electrons. The highest BCUT2D eigenvalue weighted by molar-refractivity contribution is 5.75. The molecule has 0 N–H and O–H groups in total. The summed E-state index contributed by atoms with van der Waals surface area (Å²) in [7, 11) is 0. The molecule has 0 spiro atoms. The molecule has 94 heavy (non-hydrogen) atoms. The summed E-state index contributed by atoms with van der Waals surface area (Å²) in [6, 6.07) is 0. The van der Waals surface area contributed by atoms with Crippen LogP contribution in [0.2, 0.25) is 0 Å². The van der Waals surface area contributed by atoms with E-state index in [2.05, 4.69) is 58.0 Å². The second kappa shape index (κ2) is 68.1. The first-order chi connectivity index (χ1) is 46.7. The first kappa shape index (κ1) is 84.8. The van der Waals surface area contributed by atoms with Crippen molar-refractivity contribution in [3.05, 3.63) is 54.7 Å². The molecule has 0 radical (unpaired) electrons. The maximum Gasteiger partial charge on any atom is 0.150 e. The fraction of sp³-hybridized carbons (Fsp3) is 0.857. The Balaban J connectivity index is 1.32. The first-order valence-corrected chi connectivity index (χ1v) is 42.0. The van der Waals surface area contributed by atoms with Crippen LogP contribution in [0.5, 0.6) is 0 Å². The molecule has 0 aliphatic rings. The van der Waals surface area contributed by atoms with Crippen LogP contribution in [0.15, 0.2) is 52.2 Å². The normalized spacial score (nSPS) is 12.1. The predicted molar refractivity (Wildman–Crippen MR) is 415 cm³/mol. The monoisotopic (exact) mass is 1310 g/mol. The molecule has 10 heteroatoms. The lowest BCUT2D eigenvalue weighted by Crippen LogP contribution is -2.31. The van der Waals surface area contributed by atoms with Crippen LogP contribution in [0.4, 0.5) is 0 Å². The Labute approximate surface area is 583 Å². The van der Waals surface area contributed by atoms with E-state index < -0.39 is 0 Å². The second-order valence-corrected chi connectivity index (χ2v) is 29.0. The molecule has 0 aliphatic carbocycles. The molecule has 0 atom stereocenters. The Morgan fingerprint density at radius 2 is 0.404 bits per heavy atom. The van der Waals surface area contributed by atoms with E-state index >= 15 is 0 Å². The molecule has 0 unspecified atom stereocenters. The van der Waals surface area contributed by atoms with E-state index in [-0.39, 0.29) is 0 Å². The van der Waals surface area contributed by atoms with E-state index in [1.165, 1.54) is 385 Å². The lowest BCUT2D eigenvalue weighted by Gasteiger charge is -2.19. The van der Waals surface area contributed by atoms with Gasteiger partial charge in [0.2, 0.25) is 0 Å². The molecule has 0 bridgehead atoms. The summed E-state index contributed by atoms with van der Waals surface area (Å²) >= 11 is 0. The third-order valence-electron chi connectivity index (χ3n) is 20.3. The van der Waals surface area contributed by atoms with Crippen LogP contribution in [-0.2, 0) is 19.6 Å². The zero-order valence-electron chi connectivity index (χ0n) is 63.0. The first-order valence-electron chi connectivity index (χ1n) is 42.0. The number of imidazole rings is 3. The summed E-state index contributed by atoms with van der Waals surface area (Å²) in [5.41, 5.74) is 0. The maximum absolute atomic E-state index is 4.93. The van der Waals surface area contributed by atoms with Gasteiger partial charge in [-0.05, 0) is 19.3 Å². The van der Waals surface area contributed by atoms with Gasteiger partial charge in [-0.25, -0.2) is 15.0 Å². The number of rotatable bonds is 75. The zero-order chi connectivity index (χ0) is 66.4. The van der Waals surface area contributed by atoms with Crippen LogP contribution in [0.1, 0.15) is 423 Å². The van der Waals surface area contributed by atoms with Crippen molar-refractivity contribution in [1.29, 1.82) is 0 Å². The maximum atomic E-state index is 4.93. The largest absolute Gasteiger partial charge is 0.330 e. The molecule has 10 nitrogen and oxygen atoms in total. The number of unbranched alkanes of at least 4 members (excludes halogenated alkanes) is 57. The summed E-state index contributed by atoms with van der Waals surface area (Å²) in [5, 5.41) is 0. The number of aromatic nitrogens is 6. The molecule has 3 aromatic rings. The highest BCUT2D eigenvalue weighted by Crippen LogP contribution is 2.20. The summed E-state index contributed by atoms with van der Waals surface area (Å²) in [5.74, 6) is 2.90. The molecule has 0 saturated carbocycles. The quantitative estimate of drug-likeness (QED) is 0.0416. The third-order valence-corrected chi connectivity index (χ3v) is 20.3. The van der Waals surface area contributed by atoms with E-state index in [0.29, 0.717) is 19.6 Å². The van der Waals surface area contributed by atoms with Crippen molar-refractivity contribution in [3.63, 3.8) is 0 Å². The zero-order valence-corrected chi connectivity index (χ0v) is 63.0. The van der Waals surface area contributed by atoms with E-state index in [4.69, 9.17) is 29.9 Å². The minimum atomic E-state index is 0.716. The molecule has 0 amide bonds. The Kier molecular flexibility index (Phi) is 61.5. The SMILES string of the molecule is CCCCCCCCCCCCCCCCCCCCCCn1ccnc1C=NCCN(CCN=Cc1nccn1CCCCCCCCCCCCCCCCCCCCCC)CCN=Cc1nccn1CCCCCCCCCCCCCCCCCCCCCC. The van der Waals surface area contributed by atoms with Crippen molar-refractivity contribution in [2.24, 2.45) is 15.0 Å². The highest BCUT2D eigenvalue weighted by atomic mass is 15.2. The Hall–Kier alpha value is -3.40. The molecule has 0 aromatic carbocycles. The fourth-order valence-corrected chi connectivity index (χ4v) is 13.9. The molecule has 0 fully saturated rings. The van der Waals surface area contributed by atoms with Crippen LogP contribution in [0, 0.1) is 0 Å². The smallest absolute Gasteiger partial charge is 0.150 e. The van der Waals surface area contributed by atoms with E-state index in [1.807, 2.05) is 37.2 Å². The van der Waals surface area contributed by atoms with E-state index in [1.54, 1.807) is 0 Å². The number of nitrogens with zero attached hydrogens (tertiary/aromatic N) is 10.